The third kappa shape index (κ3) is 0.988. The van der Waals surface area contributed by atoms with Gasteiger partial charge in [0, 0.05) is 0 Å². The molecule has 0 radical (unpaired) electrons. The van der Waals surface area contributed by atoms with E-state index in [0.29, 0.717) is 5.92 Å². The lowest BCUT2D eigenvalue weighted by molar-refractivity contribution is 0.102. The van der Waals surface area contributed by atoms with Crippen LogP contribution in [0.25, 0.3) is 0 Å². The first-order valence-electron chi connectivity index (χ1n) is 4.22. The van der Waals surface area contributed by atoms with Crippen LogP contribution in [0, 0.1) is 11.8 Å². The lowest BCUT2D eigenvalue weighted by atomic mass is 9.75. The van der Waals surface area contributed by atoms with Gasteiger partial charge in [-0.3, -0.25) is 0 Å². The second-order valence-electron chi connectivity index (χ2n) is 3.56. The van der Waals surface area contributed by atoms with Crippen molar-refractivity contribution < 1.29 is 5.11 Å². The Bertz CT molecular complexity index is 147. The van der Waals surface area contributed by atoms with Crippen LogP contribution in [0.5, 0.6) is 0 Å². The standard InChI is InChI=1S/C9H14O/c10-9-5-4-7-2-1-3-8(9)6-7/h4-5,7-10H,1-3,6H2/t7-,8-,9+/m1/s1. The lowest BCUT2D eigenvalue weighted by Gasteiger charge is -2.33. The molecule has 0 aliphatic heterocycles. The summed E-state index contributed by atoms with van der Waals surface area (Å²) in [4.78, 5) is 0. The zero-order valence-corrected chi connectivity index (χ0v) is 6.16. The maximum Gasteiger partial charge on any atom is 0.0749 e. The van der Waals surface area contributed by atoms with E-state index >= 15 is 0 Å². The minimum atomic E-state index is -0.128. The SMILES string of the molecule is O[C@H]1C=C[C@H]2CCC[C@@H]1C2. The van der Waals surface area contributed by atoms with Gasteiger partial charge in [0.05, 0.1) is 6.10 Å². The van der Waals surface area contributed by atoms with Gasteiger partial charge in [-0.25, -0.2) is 0 Å². The van der Waals surface area contributed by atoms with Crippen molar-refractivity contribution in [1.82, 2.24) is 0 Å². The van der Waals surface area contributed by atoms with Gasteiger partial charge in [-0.1, -0.05) is 18.6 Å². The smallest absolute Gasteiger partial charge is 0.0749 e. The van der Waals surface area contributed by atoms with E-state index in [1.165, 1.54) is 25.7 Å². The number of fused-ring (bicyclic) bond motifs is 2. The second-order valence-corrected chi connectivity index (χ2v) is 3.56. The van der Waals surface area contributed by atoms with Gasteiger partial charge in [0.1, 0.15) is 0 Å². The summed E-state index contributed by atoms with van der Waals surface area (Å²) < 4.78 is 0. The summed E-state index contributed by atoms with van der Waals surface area (Å²) in [5.74, 6) is 1.38. The monoisotopic (exact) mass is 138 g/mol. The number of hydrogen-bond donors (Lipinski definition) is 1. The summed E-state index contributed by atoms with van der Waals surface area (Å²) >= 11 is 0. The molecule has 1 nitrogen and oxygen atoms in total. The molecule has 0 aromatic heterocycles. The Kier molecular flexibility index (Phi) is 1.53. The van der Waals surface area contributed by atoms with Crippen LogP contribution in [0.4, 0.5) is 0 Å². The molecule has 2 aliphatic rings. The van der Waals surface area contributed by atoms with Gasteiger partial charge < -0.3 is 5.11 Å². The number of aliphatic hydroxyl groups is 1. The highest BCUT2D eigenvalue weighted by Crippen LogP contribution is 2.35. The molecular weight excluding hydrogens is 124 g/mol. The van der Waals surface area contributed by atoms with Crippen molar-refractivity contribution >= 4 is 0 Å². The van der Waals surface area contributed by atoms with Gasteiger partial charge in [0.15, 0.2) is 0 Å². The van der Waals surface area contributed by atoms with Crippen LogP contribution in [-0.2, 0) is 0 Å². The summed E-state index contributed by atoms with van der Waals surface area (Å²) in [5.41, 5.74) is 0. The highest BCUT2D eigenvalue weighted by molar-refractivity contribution is 5.03. The quantitative estimate of drug-likeness (QED) is 0.505. The molecule has 56 valence electrons. The molecule has 10 heavy (non-hydrogen) atoms. The first-order chi connectivity index (χ1) is 4.86. The fourth-order valence-corrected chi connectivity index (χ4v) is 2.18. The molecule has 1 saturated carbocycles. The molecular formula is C9H14O. The van der Waals surface area contributed by atoms with Crippen molar-refractivity contribution in [2.75, 3.05) is 0 Å². The fourth-order valence-electron chi connectivity index (χ4n) is 2.18. The summed E-state index contributed by atoms with van der Waals surface area (Å²) in [6, 6.07) is 0. The molecule has 2 rings (SSSR count). The highest BCUT2D eigenvalue weighted by Gasteiger charge is 2.27. The Morgan fingerprint density at radius 3 is 2.90 bits per heavy atom. The van der Waals surface area contributed by atoms with Crippen molar-refractivity contribution in [2.24, 2.45) is 11.8 Å². The Hall–Kier alpha value is -0.300. The molecule has 1 fully saturated rings. The Balaban J connectivity index is 2.13. The number of allylic oxidation sites excluding steroid dienone is 1. The van der Waals surface area contributed by atoms with Crippen LogP contribution in [0.3, 0.4) is 0 Å². The number of rotatable bonds is 0. The van der Waals surface area contributed by atoms with Crippen molar-refractivity contribution in [3.63, 3.8) is 0 Å². The van der Waals surface area contributed by atoms with E-state index < -0.39 is 0 Å². The average molecular weight is 138 g/mol. The van der Waals surface area contributed by atoms with E-state index in [-0.39, 0.29) is 6.10 Å². The second kappa shape index (κ2) is 2.39. The van der Waals surface area contributed by atoms with E-state index in [2.05, 4.69) is 6.08 Å². The van der Waals surface area contributed by atoms with Gasteiger partial charge in [-0.05, 0) is 31.1 Å². The van der Waals surface area contributed by atoms with Crippen molar-refractivity contribution in [1.29, 1.82) is 0 Å². The van der Waals surface area contributed by atoms with Gasteiger partial charge in [0.25, 0.3) is 0 Å². The van der Waals surface area contributed by atoms with Crippen LogP contribution in [0.2, 0.25) is 0 Å². The van der Waals surface area contributed by atoms with Crippen molar-refractivity contribution in [3.8, 4) is 0 Å². The van der Waals surface area contributed by atoms with Gasteiger partial charge in [-0.2, -0.15) is 0 Å². The Morgan fingerprint density at radius 1 is 1.20 bits per heavy atom. The van der Waals surface area contributed by atoms with E-state index in [1.807, 2.05) is 6.08 Å². The number of aliphatic hydroxyl groups excluding tert-OH is 1. The maximum atomic E-state index is 9.43. The van der Waals surface area contributed by atoms with E-state index in [4.69, 9.17) is 0 Å². The topological polar surface area (TPSA) is 20.2 Å². The van der Waals surface area contributed by atoms with Crippen LogP contribution in [0.1, 0.15) is 25.7 Å². The first-order valence-corrected chi connectivity index (χ1v) is 4.22. The third-order valence-electron chi connectivity index (χ3n) is 2.82. The Morgan fingerprint density at radius 2 is 2.10 bits per heavy atom. The predicted octanol–water partition coefficient (Wildman–Crippen LogP) is 1.72. The molecule has 3 atom stereocenters. The molecule has 0 heterocycles. The summed E-state index contributed by atoms with van der Waals surface area (Å²) in [5, 5.41) is 9.43. The van der Waals surface area contributed by atoms with Crippen LogP contribution in [-0.4, -0.2) is 11.2 Å². The molecule has 2 bridgehead atoms. The van der Waals surface area contributed by atoms with Gasteiger partial charge >= 0.3 is 0 Å². The van der Waals surface area contributed by atoms with Gasteiger partial charge in [-0.15, -0.1) is 0 Å². The van der Waals surface area contributed by atoms with E-state index in [0.717, 1.165) is 5.92 Å². The highest BCUT2D eigenvalue weighted by atomic mass is 16.3. The Labute approximate surface area is 61.8 Å². The van der Waals surface area contributed by atoms with E-state index in [9.17, 15) is 5.11 Å². The normalized spacial score (nSPS) is 45.5. The van der Waals surface area contributed by atoms with Crippen molar-refractivity contribution in [2.45, 2.75) is 31.8 Å². The van der Waals surface area contributed by atoms with Crippen LogP contribution < -0.4 is 0 Å². The summed E-state index contributed by atoms with van der Waals surface area (Å²) in [6.45, 7) is 0. The van der Waals surface area contributed by atoms with E-state index in [1.54, 1.807) is 0 Å². The molecule has 0 unspecified atom stereocenters. The minimum Gasteiger partial charge on any atom is -0.389 e. The average Bonchev–Trinajstić information content (AvgIpc) is 1.99. The van der Waals surface area contributed by atoms with Gasteiger partial charge in [0.2, 0.25) is 0 Å². The molecule has 1 N–H and O–H groups in total. The molecule has 0 amide bonds. The summed E-state index contributed by atoms with van der Waals surface area (Å²) in [7, 11) is 0. The predicted molar refractivity (Wildman–Crippen MR) is 40.6 cm³/mol. The maximum absolute atomic E-state index is 9.43. The molecule has 2 aliphatic carbocycles. The summed E-state index contributed by atoms with van der Waals surface area (Å²) in [6.07, 6.45) is 9.19. The first kappa shape index (κ1) is 6.41. The number of hydrogen-bond acceptors (Lipinski definition) is 1. The van der Waals surface area contributed by atoms with Crippen molar-refractivity contribution in [3.05, 3.63) is 12.2 Å². The molecule has 1 heteroatoms. The van der Waals surface area contributed by atoms with Crippen LogP contribution >= 0.6 is 0 Å². The largest absolute Gasteiger partial charge is 0.389 e. The van der Waals surface area contributed by atoms with Crippen LogP contribution in [0.15, 0.2) is 12.2 Å². The zero-order chi connectivity index (χ0) is 6.97. The minimum absolute atomic E-state index is 0.128. The molecule has 0 saturated heterocycles. The zero-order valence-electron chi connectivity index (χ0n) is 6.16. The molecule has 0 spiro atoms. The molecule has 0 aromatic rings. The fraction of sp³-hybridized carbons (Fsp3) is 0.778. The molecule has 0 aromatic carbocycles. The third-order valence-corrected chi connectivity index (χ3v) is 2.82. The lowest BCUT2D eigenvalue weighted by Crippen LogP contribution is -2.28.